The van der Waals surface area contributed by atoms with Crippen LogP contribution < -0.4 is 9.47 Å². The van der Waals surface area contributed by atoms with E-state index in [2.05, 4.69) is 22.0 Å². The first-order chi connectivity index (χ1) is 10.1. The van der Waals surface area contributed by atoms with Crippen LogP contribution in [0.15, 0.2) is 40.9 Å². The molecule has 2 aromatic rings. The Bertz CT molecular complexity index is 686. The zero-order chi connectivity index (χ0) is 15.2. The summed E-state index contributed by atoms with van der Waals surface area (Å²) in [4.78, 5) is 0. The molecule has 0 fully saturated rings. The van der Waals surface area contributed by atoms with E-state index in [4.69, 9.17) is 37.9 Å². The second kappa shape index (κ2) is 7.56. The summed E-state index contributed by atoms with van der Waals surface area (Å²) in [6.45, 7) is 0.667. The van der Waals surface area contributed by atoms with E-state index < -0.39 is 0 Å². The lowest BCUT2D eigenvalue weighted by atomic mass is 10.2. The molecule has 2 aromatic carbocycles. The number of hydrogen-bond acceptors (Lipinski definition) is 3. The molecule has 0 N–H and O–H groups in total. The normalized spacial score (nSPS) is 10.0. The van der Waals surface area contributed by atoms with Crippen molar-refractivity contribution in [2.75, 3.05) is 13.2 Å². The lowest BCUT2D eigenvalue weighted by Crippen LogP contribution is -2.09. The van der Waals surface area contributed by atoms with Gasteiger partial charge in [-0.2, -0.15) is 5.26 Å². The fraction of sp³-hybridized carbons (Fsp3) is 0.133. The molecule has 0 bridgehead atoms. The minimum atomic E-state index is 0.326. The Morgan fingerprint density at radius 1 is 1.00 bits per heavy atom. The van der Waals surface area contributed by atoms with Gasteiger partial charge in [-0.15, -0.1) is 0 Å². The Labute approximate surface area is 141 Å². The largest absolute Gasteiger partial charge is 0.489 e. The van der Waals surface area contributed by atoms with Crippen LogP contribution in [0.2, 0.25) is 10.0 Å². The Balaban J connectivity index is 1.88. The first kappa shape index (κ1) is 16.0. The average Bonchev–Trinajstić information content (AvgIpc) is 2.48. The number of nitrogens with zero attached hydrogens (tertiary/aromatic N) is 1. The van der Waals surface area contributed by atoms with Crippen molar-refractivity contribution in [3.05, 3.63) is 56.5 Å². The number of nitriles is 1. The molecule has 3 nitrogen and oxygen atoms in total. The quantitative estimate of drug-likeness (QED) is 0.672. The summed E-state index contributed by atoms with van der Waals surface area (Å²) in [7, 11) is 0. The number of halogens is 3. The maximum atomic E-state index is 8.79. The predicted octanol–water partition coefficient (Wildman–Crippen LogP) is 5.09. The molecule has 0 radical (unpaired) electrons. The Kier molecular flexibility index (Phi) is 5.75. The van der Waals surface area contributed by atoms with Crippen molar-refractivity contribution >= 4 is 39.1 Å². The van der Waals surface area contributed by atoms with Crippen molar-refractivity contribution < 1.29 is 9.47 Å². The maximum absolute atomic E-state index is 8.79. The smallest absolute Gasteiger partial charge is 0.139 e. The van der Waals surface area contributed by atoms with Crippen molar-refractivity contribution in [2.24, 2.45) is 0 Å². The number of ether oxygens (including phenoxy) is 2. The summed E-state index contributed by atoms with van der Waals surface area (Å²) >= 11 is 15.2. The first-order valence-corrected chi connectivity index (χ1v) is 7.55. The van der Waals surface area contributed by atoms with Gasteiger partial charge >= 0.3 is 0 Å². The van der Waals surface area contributed by atoms with Gasteiger partial charge in [0, 0.05) is 11.1 Å². The molecule has 2 rings (SSSR count). The summed E-state index contributed by atoms with van der Waals surface area (Å²) in [5, 5.41) is 9.85. The topological polar surface area (TPSA) is 42.2 Å². The van der Waals surface area contributed by atoms with E-state index in [1.807, 2.05) is 0 Å². The monoisotopic (exact) mass is 385 g/mol. The summed E-state index contributed by atoms with van der Waals surface area (Å²) in [5.41, 5.74) is 0.566. The van der Waals surface area contributed by atoms with Gasteiger partial charge < -0.3 is 9.47 Å². The van der Waals surface area contributed by atoms with Crippen molar-refractivity contribution in [1.29, 1.82) is 5.26 Å². The summed E-state index contributed by atoms with van der Waals surface area (Å²) < 4.78 is 11.8. The highest BCUT2D eigenvalue weighted by molar-refractivity contribution is 9.10. The molecular formula is C15H10BrCl2NO2. The number of benzene rings is 2. The van der Waals surface area contributed by atoms with Gasteiger partial charge in [0.15, 0.2) is 0 Å². The third kappa shape index (κ3) is 4.53. The van der Waals surface area contributed by atoms with Gasteiger partial charge in [-0.1, -0.05) is 23.2 Å². The maximum Gasteiger partial charge on any atom is 0.139 e. The van der Waals surface area contributed by atoms with E-state index in [1.54, 1.807) is 36.4 Å². The van der Waals surface area contributed by atoms with Crippen LogP contribution in [0.25, 0.3) is 0 Å². The molecule has 0 aromatic heterocycles. The molecule has 0 spiro atoms. The average molecular weight is 387 g/mol. The fourth-order valence-corrected chi connectivity index (χ4v) is 2.41. The summed E-state index contributed by atoms with van der Waals surface area (Å²) in [6, 6.07) is 12.2. The van der Waals surface area contributed by atoms with Crippen LogP contribution in [0.4, 0.5) is 0 Å². The molecule has 108 valence electrons. The minimum Gasteiger partial charge on any atom is -0.489 e. The molecule has 0 saturated carbocycles. The van der Waals surface area contributed by atoms with E-state index in [9.17, 15) is 0 Å². The standard InChI is InChI=1S/C15H10BrCl2NO2/c16-12-7-10(9-19)1-4-14(12)20-5-6-21-15-8-11(17)2-3-13(15)18/h1-4,7-8H,5-6H2. The molecule has 0 heterocycles. The molecule has 0 aliphatic rings. The van der Waals surface area contributed by atoms with Crippen LogP contribution >= 0.6 is 39.1 Å². The van der Waals surface area contributed by atoms with Gasteiger partial charge in [-0.25, -0.2) is 0 Å². The molecule has 21 heavy (non-hydrogen) atoms. The van der Waals surface area contributed by atoms with Crippen LogP contribution in [0.3, 0.4) is 0 Å². The first-order valence-electron chi connectivity index (χ1n) is 6.00. The highest BCUT2D eigenvalue weighted by Gasteiger charge is 2.05. The molecule has 0 aliphatic carbocycles. The number of hydrogen-bond donors (Lipinski definition) is 0. The second-order valence-corrected chi connectivity index (χ2v) is 5.73. The van der Waals surface area contributed by atoms with E-state index in [0.29, 0.717) is 40.3 Å². The van der Waals surface area contributed by atoms with Crippen molar-refractivity contribution in [2.45, 2.75) is 0 Å². The Morgan fingerprint density at radius 3 is 2.38 bits per heavy atom. The molecule has 0 amide bonds. The van der Waals surface area contributed by atoms with Gasteiger partial charge in [0.25, 0.3) is 0 Å². The lowest BCUT2D eigenvalue weighted by molar-refractivity contribution is 0.216. The molecule has 0 saturated heterocycles. The van der Waals surface area contributed by atoms with E-state index >= 15 is 0 Å². The van der Waals surface area contributed by atoms with E-state index in [-0.39, 0.29) is 0 Å². The third-order valence-corrected chi connectivity index (χ3v) is 3.72. The van der Waals surface area contributed by atoms with Gasteiger partial charge in [-0.3, -0.25) is 0 Å². The summed E-state index contributed by atoms with van der Waals surface area (Å²) in [6.07, 6.45) is 0. The highest BCUT2D eigenvalue weighted by atomic mass is 79.9. The van der Waals surface area contributed by atoms with Crippen LogP contribution in [0.1, 0.15) is 5.56 Å². The summed E-state index contributed by atoms with van der Waals surface area (Å²) in [5.74, 6) is 1.17. The molecular weight excluding hydrogens is 377 g/mol. The van der Waals surface area contributed by atoms with Crippen LogP contribution in [-0.2, 0) is 0 Å². The van der Waals surface area contributed by atoms with Gasteiger partial charge in [0.2, 0.25) is 0 Å². The van der Waals surface area contributed by atoms with E-state index in [0.717, 1.165) is 4.47 Å². The van der Waals surface area contributed by atoms with Gasteiger partial charge in [-0.05, 0) is 46.3 Å². The van der Waals surface area contributed by atoms with Crippen molar-refractivity contribution in [3.63, 3.8) is 0 Å². The second-order valence-electron chi connectivity index (χ2n) is 4.03. The molecule has 0 aliphatic heterocycles. The van der Waals surface area contributed by atoms with Crippen molar-refractivity contribution in [1.82, 2.24) is 0 Å². The van der Waals surface area contributed by atoms with Gasteiger partial charge in [0.1, 0.15) is 24.7 Å². The van der Waals surface area contributed by atoms with E-state index in [1.165, 1.54) is 0 Å². The molecule has 0 unspecified atom stereocenters. The van der Waals surface area contributed by atoms with Crippen LogP contribution in [0, 0.1) is 11.3 Å². The third-order valence-electron chi connectivity index (χ3n) is 2.55. The molecule has 0 atom stereocenters. The van der Waals surface area contributed by atoms with Crippen LogP contribution in [-0.4, -0.2) is 13.2 Å². The zero-order valence-corrected chi connectivity index (χ0v) is 13.9. The van der Waals surface area contributed by atoms with Crippen LogP contribution in [0.5, 0.6) is 11.5 Å². The Hall–Kier alpha value is -1.41. The Morgan fingerprint density at radius 2 is 1.71 bits per heavy atom. The zero-order valence-electron chi connectivity index (χ0n) is 10.8. The highest BCUT2D eigenvalue weighted by Crippen LogP contribution is 2.28. The SMILES string of the molecule is N#Cc1ccc(OCCOc2cc(Cl)ccc2Cl)c(Br)c1. The molecule has 6 heteroatoms. The lowest BCUT2D eigenvalue weighted by Gasteiger charge is -2.11. The predicted molar refractivity (Wildman–Crippen MR) is 86.3 cm³/mol. The minimum absolute atomic E-state index is 0.326. The number of rotatable bonds is 5. The van der Waals surface area contributed by atoms with Gasteiger partial charge in [0.05, 0.1) is 21.1 Å². The fourth-order valence-electron chi connectivity index (χ4n) is 1.58. The van der Waals surface area contributed by atoms with Crippen molar-refractivity contribution in [3.8, 4) is 17.6 Å².